The Kier molecular flexibility index (Phi) is 7.66. The molecule has 30 heavy (non-hydrogen) atoms. The van der Waals surface area contributed by atoms with Crippen LogP contribution in [0.2, 0.25) is 18.1 Å². The number of hydrogen-bond acceptors (Lipinski definition) is 4. The van der Waals surface area contributed by atoms with E-state index in [4.69, 9.17) is 9.16 Å². The van der Waals surface area contributed by atoms with Gasteiger partial charge in [-0.25, -0.2) is 0 Å². The molecule has 0 aliphatic carbocycles. The minimum absolute atomic E-state index is 0.0214. The number of rotatable bonds is 8. The molecule has 0 saturated carbocycles. The molecule has 2 rings (SSSR count). The molecule has 0 unspecified atom stereocenters. The molecule has 0 saturated heterocycles. The standard InChI is InChI=1S/C23H34N2O4Si/c1-16(2)24-22(27)20-21(28-14-17-11-9-8-10-12-17)19(26)13-18(25-20)15-29-30(6,7)23(3,4)5/h8-13,16H,14-15H2,1-7H3,(H,24,27)(H,25,26). The molecule has 0 aliphatic rings. The van der Waals surface area contributed by atoms with Gasteiger partial charge in [0, 0.05) is 17.8 Å². The van der Waals surface area contributed by atoms with E-state index < -0.39 is 8.32 Å². The Hall–Kier alpha value is -2.38. The topological polar surface area (TPSA) is 80.4 Å². The number of benzene rings is 1. The molecule has 0 bridgehead atoms. The molecule has 2 N–H and O–H groups in total. The van der Waals surface area contributed by atoms with Crippen LogP contribution in [0, 0.1) is 0 Å². The van der Waals surface area contributed by atoms with E-state index in [9.17, 15) is 9.59 Å². The summed E-state index contributed by atoms with van der Waals surface area (Å²) in [4.78, 5) is 28.7. The van der Waals surface area contributed by atoms with Crippen LogP contribution in [0.15, 0.2) is 41.2 Å². The van der Waals surface area contributed by atoms with Crippen molar-refractivity contribution in [1.82, 2.24) is 10.3 Å². The monoisotopic (exact) mass is 430 g/mol. The van der Waals surface area contributed by atoms with Crippen LogP contribution in [0.25, 0.3) is 0 Å². The lowest BCUT2D eigenvalue weighted by atomic mass is 10.2. The number of hydrogen-bond donors (Lipinski definition) is 2. The van der Waals surface area contributed by atoms with Crippen molar-refractivity contribution in [2.45, 2.75) is 72.0 Å². The van der Waals surface area contributed by atoms with Gasteiger partial charge in [0.15, 0.2) is 19.8 Å². The molecule has 7 heteroatoms. The summed E-state index contributed by atoms with van der Waals surface area (Å²) in [6, 6.07) is 10.9. The Balaban J connectivity index is 2.32. The van der Waals surface area contributed by atoms with Crippen molar-refractivity contribution in [1.29, 1.82) is 0 Å². The first-order valence-corrected chi connectivity index (χ1v) is 13.2. The largest absolute Gasteiger partial charge is 0.483 e. The first-order valence-electron chi connectivity index (χ1n) is 10.3. The number of carbonyl (C=O) groups is 1. The molecule has 1 amide bonds. The van der Waals surface area contributed by atoms with Gasteiger partial charge in [-0.2, -0.15) is 0 Å². The van der Waals surface area contributed by atoms with E-state index >= 15 is 0 Å². The lowest BCUT2D eigenvalue weighted by Gasteiger charge is -2.36. The smallest absolute Gasteiger partial charge is 0.271 e. The molecular formula is C23H34N2O4Si. The highest BCUT2D eigenvalue weighted by Crippen LogP contribution is 2.37. The summed E-state index contributed by atoms with van der Waals surface area (Å²) >= 11 is 0. The van der Waals surface area contributed by atoms with Crippen LogP contribution in [0.1, 0.15) is 56.4 Å². The third kappa shape index (κ3) is 6.31. The molecule has 0 atom stereocenters. The maximum Gasteiger partial charge on any atom is 0.271 e. The minimum atomic E-state index is -2.00. The van der Waals surface area contributed by atoms with Gasteiger partial charge >= 0.3 is 0 Å². The number of carbonyl (C=O) groups excluding carboxylic acids is 1. The van der Waals surface area contributed by atoms with E-state index in [2.05, 4.69) is 44.2 Å². The Bertz CT molecular complexity index is 915. The number of amides is 1. The van der Waals surface area contributed by atoms with E-state index in [1.165, 1.54) is 6.07 Å². The number of nitrogens with one attached hydrogen (secondary N) is 2. The normalized spacial score (nSPS) is 12.1. The molecule has 0 spiro atoms. The highest BCUT2D eigenvalue weighted by molar-refractivity contribution is 6.74. The summed E-state index contributed by atoms with van der Waals surface area (Å²) in [7, 11) is -2.00. The molecule has 164 valence electrons. The van der Waals surface area contributed by atoms with Crippen LogP contribution in [0.3, 0.4) is 0 Å². The summed E-state index contributed by atoms with van der Waals surface area (Å²) in [5.41, 5.74) is 1.26. The highest BCUT2D eigenvalue weighted by Gasteiger charge is 2.37. The molecule has 0 fully saturated rings. The summed E-state index contributed by atoms with van der Waals surface area (Å²) in [5, 5.41) is 2.87. The summed E-state index contributed by atoms with van der Waals surface area (Å²) in [5.74, 6) is -0.354. The van der Waals surface area contributed by atoms with E-state index in [1.807, 2.05) is 44.2 Å². The summed E-state index contributed by atoms with van der Waals surface area (Å²) < 4.78 is 12.0. The lowest BCUT2D eigenvalue weighted by molar-refractivity contribution is 0.0932. The van der Waals surface area contributed by atoms with E-state index in [-0.39, 0.29) is 47.1 Å². The van der Waals surface area contributed by atoms with Crippen molar-refractivity contribution in [3.8, 4) is 5.75 Å². The molecule has 0 aliphatic heterocycles. The molecule has 1 aromatic heterocycles. The Morgan fingerprint density at radius 1 is 1.13 bits per heavy atom. The van der Waals surface area contributed by atoms with Crippen LogP contribution in [0.5, 0.6) is 5.75 Å². The van der Waals surface area contributed by atoms with Crippen molar-refractivity contribution < 1.29 is 14.0 Å². The summed E-state index contributed by atoms with van der Waals surface area (Å²) in [6.45, 7) is 14.9. The SMILES string of the molecule is CC(C)NC(=O)c1[nH]c(CO[Si](C)(C)C(C)(C)C)cc(=O)c1OCc1ccccc1. The first kappa shape index (κ1) is 23.9. The van der Waals surface area contributed by atoms with Gasteiger partial charge in [-0.15, -0.1) is 0 Å². The molecule has 6 nitrogen and oxygen atoms in total. The third-order valence-electron chi connectivity index (χ3n) is 5.31. The van der Waals surface area contributed by atoms with E-state index in [0.717, 1.165) is 5.56 Å². The molecular weight excluding hydrogens is 396 g/mol. The van der Waals surface area contributed by atoms with Crippen LogP contribution in [0.4, 0.5) is 0 Å². The average molecular weight is 431 g/mol. The fourth-order valence-electron chi connectivity index (χ4n) is 2.52. The number of ether oxygens (including phenoxy) is 1. The first-order chi connectivity index (χ1) is 13.9. The number of H-pyrrole nitrogens is 1. The fraction of sp³-hybridized carbons (Fsp3) is 0.478. The van der Waals surface area contributed by atoms with Gasteiger partial charge in [0.1, 0.15) is 6.61 Å². The second kappa shape index (κ2) is 9.62. The van der Waals surface area contributed by atoms with Crippen LogP contribution in [-0.4, -0.2) is 25.3 Å². The van der Waals surface area contributed by atoms with Crippen LogP contribution >= 0.6 is 0 Å². The van der Waals surface area contributed by atoms with Crippen molar-refractivity contribution in [2.24, 2.45) is 0 Å². The quantitative estimate of drug-likeness (QED) is 0.599. The van der Waals surface area contributed by atoms with Crippen molar-refractivity contribution in [3.05, 3.63) is 63.6 Å². The predicted molar refractivity (Wildman–Crippen MR) is 122 cm³/mol. The van der Waals surface area contributed by atoms with Gasteiger partial charge in [-0.05, 0) is 37.5 Å². The summed E-state index contributed by atoms with van der Waals surface area (Å²) in [6.07, 6.45) is 0. The van der Waals surface area contributed by atoms with E-state index in [0.29, 0.717) is 5.69 Å². The Morgan fingerprint density at radius 3 is 2.33 bits per heavy atom. The Morgan fingerprint density at radius 2 is 1.77 bits per heavy atom. The zero-order valence-electron chi connectivity index (χ0n) is 19.1. The van der Waals surface area contributed by atoms with Gasteiger partial charge < -0.3 is 19.5 Å². The molecule has 1 heterocycles. The number of pyridine rings is 1. The van der Waals surface area contributed by atoms with Crippen molar-refractivity contribution in [2.75, 3.05) is 0 Å². The fourth-order valence-corrected chi connectivity index (χ4v) is 3.47. The predicted octanol–water partition coefficient (Wildman–Crippen LogP) is 4.61. The maximum atomic E-state index is 12.8. The lowest BCUT2D eigenvalue weighted by Crippen LogP contribution is -2.40. The average Bonchev–Trinajstić information content (AvgIpc) is 2.64. The van der Waals surface area contributed by atoms with E-state index in [1.54, 1.807) is 0 Å². The molecule has 1 aromatic carbocycles. The van der Waals surface area contributed by atoms with Gasteiger partial charge in [-0.1, -0.05) is 51.1 Å². The zero-order chi connectivity index (χ0) is 22.5. The van der Waals surface area contributed by atoms with Gasteiger partial charge in [-0.3, -0.25) is 9.59 Å². The maximum absolute atomic E-state index is 12.8. The van der Waals surface area contributed by atoms with Crippen molar-refractivity contribution >= 4 is 14.2 Å². The Labute approximate surface area is 180 Å². The number of aromatic nitrogens is 1. The third-order valence-corrected chi connectivity index (χ3v) is 9.79. The minimum Gasteiger partial charge on any atom is -0.483 e. The second-order valence-electron chi connectivity index (χ2n) is 9.31. The van der Waals surface area contributed by atoms with Gasteiger partial charge in [0.25, 0.3) is 5.91 Å². The van der Waals surface area contributed by atoms with Crippen LogP contribution in [-0.2, 0) is 17.6 Å². The molecule has 2 aromatic rings. The highest BCUT2D eigenvalue weighted by atomic mass is 28.4. The molecule has 0 radical (unpaired) electrons. The number of aromatic amines is 1. The van der Waals surface area contributed by atoms with Crippen molar-refractivity contribution in [3.63, 3.8) is 0 Å². The van der Waals surface area contributed by atoms with Gasteiger partial charge in [0.2, 0.25) is 5.43 Å². The zero-order valence-corrected chi connectivity index (χ0v) is 20.1. The second-order valence-corrected chi connectivity index (χ2v) is 14.1. The van der Waals surface area contributed by atoms with Gasteiger partial charge in [0.05, 0.1) is 6.61 Å². The van der Waals surface area contributed by atoms with Crippen LogP contribution < -0.4 is 15.5 Å².